The summed E-state index contributed by atoms with van der Waals surface area (Å²) in [6.07, 6.45) is 4.52. The van der Waals surface area contributed by atoms with Crippen LogP contribution in [0.3, 0.4) is 0 Å². The predicted octanol–water partition coefficient (Wildman–Crippen LogP) is 6.28. The van der Waals surface area contributed by atoms with Gasteiger partial charge >= 0.3 is 5.97 Å². The van der Waals surface area contributed by atoms with Gasteiger partial charge in [-0.15, -0.1) is 11.3 Å². The molecule has 0 bridgehead atoms. The molecule has 0 fully saturated rings. The number of para-hydroxylation sites is 1. The second-order valence-electron chi connectivity index (χ2n) is 6.89. The van der Waals surface area contributed by atoms with E-state index in [1.807, 2.05) is 55.5 Å². The van der Waals surface area contributed by atoms with Gasteiger partial charge in [0.1, 0.15) is 5.01 Å². The van der Waals surface area contributed by atoms with E-state index in [0.29, 0.717) is 25.4 Å². The molecule has 0 aliphatic heterocycles. The number of benzene rings is 2. The van der Waals surface area contributed by atoms with Crippen LogP contribution in [-0.2, 0) is 4.79 Å². The van der Waals surface area contributed by atoms with Crippen molar-refractivity contribution in [2.75, 3.05) is 13.2 Å². The van der Waals surface area contributed by atoms with Crippen LogP contribution in [0.1, 0.15) is 50.1 Å². The molecule has 0 aliphatic carbocycles. The van der Waals surface area contributed by atoms with Crippen LogP contribution in [0.25, 0.3) is 21.9 Å². The van der Waals surface area contributed by atoms with Crippen LogP contribution in [-0.4, -0.2) is 29.3 Å². The zero-order valence-corrected chi connectivity index (χ0v) is 18.2. The van der Waals surface area contributed by atoms with Crippen molar-refractivity contribution >= 4 is 39.2 Å². The van der Waals surface area contributed by atoms with E-state index < -0.39 is 5.97 Å². The highest BCUT2D eigenvalue weighted by molar-refractivity contribution is 7.19. The fourth-order valence-corrected chi connectivity index (χ4v) is 4.03. The molecule has 6 heteroatoms. The van der Waals surface area contributed by atoms with E-state index in [4.69, 9.17) is 14.5 Å². The number of fused-ring (bicyclic) bond motifs is 1. The van der Waals surface area contributed by atoms with Crippen LogP contribution in [0, 0.1) is 0 Å². The highest BCUT2D eigenvalue weighted by atomic mass is 32.1. The summed E-state index contributed by atoms with van der Waals surface area (Å²) in [7, 11) is 0. The number of aromatic nitrogens is 1. The molecule has 158 valence electrons. The number of aliphatic carboxylic acids is 1. The lowest BCUT2D eigenvalue weighted by Gasteiger charge is -2.13. The predicted molar refractivity (Wildman–Crippen MR) is 122 cm³/mol. The number of ether oxygens (including phenoxy) is 2. The summed E-state index contributed by atoms with van der Waals surface area (Å²) in [6.45, 7) is 5.27. The first-order chi connectivity index (χ1) is 14.6. The van der Waals surface area contributed by atoms with Gasteiger partial charge in [0.2, 0.25) is 0 Å². The van der Waals surface area contributed by atoms with Crippen molar-refractivity contribution in [3.8, 4) is 11.5 Å². The standard InChI is InChI=1S/C24H27NO4S/c1-3-5-14-29-20-12-10-17(16-21(20)28-4-2)15-18(11-13-23(26)27)24-25-19-8-6-7-9-22(19)30-24/h6-10,12,15-16H,3-5,11,13-14H2,1-2H3,(H,26,27). The number of unbranched alkanes of at least 4 members (excludes halogenated alkanes) is 1. The second-order valence-corrected chi connectivity index (χ2v) is 7.92. The number of carboxylic acid groups (broad SMARTS) is 1. The lowest BCUT2D eigenvalue weighted by atomic mass is 10.1. The molecule has 0 saturated carbocycles. The van der Waals surface area contributed by atoms with Gasteiger partial charge in [-0.2, -0.15) is 0 Å². The van der Waals surface area contributed by atoms with E-state index in [9.17, 15) is 9.90 Å². The molecular weight excluding hydrogens is 398 g/mol. The number of allylic oxidation sites excluding steroid dienone is 1. The van der Waals surface area contributed by atoms with Gasteiger partial charge in [-0.3, -0.25) is 4.79 Å². The number of rotatable bonds is 11. The fraction of sp³-hybridized carbons (Fsp3) is 0.333. The van der Waals surface area contributed by atoms with E-state index in [1.165, 1.54) is 0 Å². The summed E-state index contributed by atoms with van der Waals surface area (Å²) in [5.74, 6) is 0.607. The molecule has 0 aliphatic rings. The summed E-state index contributed by atoms with van der Waals surface area (Å²) in [4.78, 5) is 15.9. The number of hydrogen-bond donors (Lipinski definition) is 1. The Labute approximate surface area is 181 Å². The van der Waals surface area contributed by atoms with Crippen LogP contribution < -0.4 is 9.47 Å². The normalized spacial score (nSPS) is 11.6. The Bertz CT molecular complexity index is 992. The molecule has 1 aromatic heterocycles. The quantitative estimate of drug-likeness (QED) is 0.366. The Morgan fingerprint density at radius 3 is 2.67 bits per heavy atom. The number of carboxylic acids is 1. The molecule has 2 aromatic carbocycles. The van der Waals surface area contributed by atoms with Crippen LogP contribution in [0.5, 0.6) is 11.5 Å². The zero-order chi connectivity index (χ0) is 21.3. The summed E-state index contributed by atoms with van der Waals surface area (Å²) in [5.41, 5.74) is 2.76. The van der Waals surface area contributed by atoms with Crippen molar-refractivity contribution in [2.45, 2.75) is 39.5 Å². The molecule has 5 nitrogen and oxygen atoms in total. The summed E-state index contributed by atoms with van der Waals surface area (Å²) in [5, 5.41) is 10.0. The Morgan fingerprint density at radius 2 is 1.93 bits per heavy atom. The second kappa shape index (κ2) is 10.8. The average Bonchev–Trinajstić information content (AvgIpc) is 3.17. The van der Waals surface area contributed by atoms with Crippen LogP contribution in [0.2, 0.25) is 0 Å². The van der Waals surface area contributed by atoms with E-state index in [1.54, 1.807) is 11.3 Å². The smallest absolute Gasteiger partial charge is 0.303 e. The molecule has 0 radical (unpaired) electrons. The van der Waals surface area contributed by atoms with Crippen molar-refractivity contribution in [1.82, 2.24) is 4.98 Å². The number of nitrogens with zero attached hydrogens (tertiary/aromatic N) is 1. The minimum Gasteiger partial charge on any atom is -0.490 e. The van der Waals surface area contributed by atoms with Gasteiger partial charge in [0.15, 0.2) is 11.5 Å². The fourth-order valence-electron chi connectivity index (χ4n) is 3.02. The Hall–Kier alpha value is -2.86. The van der Waals surface area contributed by atoms with E-state index in [0.717, 1.165) is 45.0 Å². The van der Waals surface area contributed by atoms with Crippen molar-refractivity contribution in [2.24, 2.45) is 0 Å². The van der Waals surface area contributed by atoms with Gasteiger partial charge in [-0.25, -0.2) is 4.98 Å². The largest absolute Gasteiger partial charge is 0.490 e. The molecule has 0 amide bonds. The molecule has 0 saturated heterocycles. The molecule has 0 unspecified atom stereocenters. The molecule has 1 heterocycles. The average molecular weight is 426 g/mol. The molecule has 1 N–H and O–H groups in total. The maximum atomic E-state index is 11.2. The number of carbonyl (C=O) groups is 1. The zero-order valence-electron chi connectivity index (χ0n) is 17.4. The van der Waals surface area contributed by atoms with Crippen LogP contribution in [0.15, 0.2) is 42.5 Å². The maximum absolute atomic E-state index is 11.2. The first-order valence-corrected chi connectivity index (χ1v) is 11.1. The minimum absolute atomic E-state index is 0.0539. The van der Waals surface area contributed by atoms with E-state index in [2.05, 4.69) is 6.92 Å². The van der Waals surface area contributed by atoms with Gasteiger partial charge in [0, 0.05) is 6.42 Å². The first kappa shape index (κ1) is 21.8. The van der Waals surface area contributed by atoms with Crippen molar-refractivity contribution < 1.29 is 19.4 Å². The highest BCUT2D eigenvalue weighted by Gasteiger charge is 2.12. The van der Waals surface area contributed by atoms with E-state index >= 15 is 0 Å². The van der Waals surface area contributed by atoms with Crippen LogP contribution in [0.4, 0.5) is 0 Å². The maximum Gasteiger partial charge on any atom is 0.303 e. The van der Waals surface area contributed by atoms with Gasteiger partial charge in [0.25, 0.3) is 0 Å². The Kier molecular flexibility index (Phi) is 7.85. The molecular formula is C24H27NO4S. The molecule has 3 aromatic rings. The van der Waals surface area contributed by atoms with Crippen molar-refractivity contribution in [3.63, 3.8) is 0 Å². The third kappa shape index (κ3) is 5.83. The molecule has 0 spiro atoms. The van der Waals surface area contributed by atoms with Gasteiger partial charge < -0.3 is 14.6 Å². The summed E-state index contributed by atoms with van der Waals surface area (Å²) >= 11 is 1.58. The molecule has 30 heavy (non-hydrogen) atoms. The SMILES string of the molecule is CCCCOc1ccc(C=C(CCC(=O)O)c2nc3ccccc3s2)cc1OCC. The van der Waals surface area contributed by atoms with Crippen molar-refractivity contribution in [1.29, 1.82) is 0 Å². The van der Waals surface area contributed by atoms with E-state index in [-0.39, 0.29) is 6.42 Å². The summed E-state index contributed by atoms with van der Waals surface area (Å²) < 4.78 is 12.7. The van der Waals surface area contributed by atoms with Gasteiger partial charge in [-0.05, 0) is 61.2 Å². The minimum atomic E-state index is -0.823. The molecule has 0 atom stereocenters. The number of hydrogen-bond acceptors (Lipinski definition) is 5. The third-order valence-corrected chi connectivity index (χ3v) is 5.65. The lowest BCUT2D eigenvalue weighted by Crippen LogP contribution is -2.01. The van der Waals surface area contributed by atoms with Crippen LogP contribution >= 0.6 is 11.3 Å². The van der Waals surface area contributed by atoms with Gasteiger partial charge in [0.05, 0.1) is 23.4 Å². The number of thiazole rings is 1. The first-order valence-electron chi connectivity index (χ1n) is 10.3. The monoisotopic (exact) mass is 425 g/mol. The topological polar surface area (TPSA) is 68.7 Å². The van der Waals surface area contributed by atoms with Crippen molar-refractivity contribution in [3.05, 3.63) is 53.0 Å². The van der Waals surface area contributed by atoms with Gasteiger partial charge in [-0.1, -0.05) is 31.5 Å². The Balaban J connectivity index is 1.94. The summed E-state index contributed by atoms with van der Waals surface area (Å²) in [6, 6.07) is 13.8. The highest BCUT2D eigenvalue weighted by Crippen LogP contribution is 2.34. The third-order valence-electron chi connectivity index (χ3n) is 4.54. The molecule has 3 rings (SSSR count). The lowest BCUT2D eigenvalue weighted by molar-refractivity contribution is -0.136. The Morgan fingerprint density at radius 1 is 1.10 bits per heavy atom.